The van der Waals surface area contributed by atoms with Crippen molar-refractivity contribution < 1.29 is 9.53 Å². The van der Waals surface area contributed by atoms with E-state index in [-0.39, 0.29) is 11.8 Å². The molecule has 1 aromatic heterocycles. The molecule has 1 saturated heterocycles. The van der Waals surface area contributed by atoms with Gasteiger partial charge in [-0.3, -0.25) is 9.69 Å². The van der Waals surface area contributed by atoms with Gasteiger partial charge in [0.25, 0.3) is 0 Å². The molecule has 1 aliphatic rings. The van der Waals surface area contributed by atoms with Crippen LogP contribution in [0.1, 0.15) is 6.42 Å². The molecular formula is C13H13N5O2S. The number of thiazole rings is 1. The van der Waals surface area contributed by atoms with E-state index in [4.69, 9.17) is 10.3 Å². The number of aromatic nitrogens is 1. The average Bonchev–Trinajstić information content (AvgIpc) is 3.07. The molecule has 2 aromatic rings. The normalized spacial score (nSPS) is 18.0. The van der Waals surface area contributed by atoms with Crippen molar-refractivity contribution in [3.05, 3.63) is 28.6 Å². The molecule has 0 radical (unpaired) electrons. The highest BCUT2D eigenvalue weighted by Crippen LogP contribution is 2.34. The summed E-state index contributed by atoms with van der Waals surface area (Å²) in [5.41, 5.74) is 9.18. The van der Waals surface area contributed by atoms with Crippen LogP contribution in [0.2, 0.25) is 0 Å². The minimum absolute atomic E-state index is 0.0270. The van der Waals surface area contributed by atoms with E-state index in [0.717, 1.165) is 16.0 Å². The van der Waals surface area contributed by atoms with E-state index in [0.29, 0.717) is 24.6 Å². The van der Waals surface area contributed by atoms with E-state index in [9.17, 15) is 4.79 Å². The zero-order valence-electron chi connectivity index (χ0n) is 11.4. The molecule has 2 heterocycles. The number of rotatable bonds is 4. The number of hydrogen-bond acceptors (Lipinski definition) is 5. The maximum absolute atomic E-state index is 12.1. The van der Waals surface area contributed by atoms with Gasteiger partial charge in [-0.25, -0.2) is 4.98 Å². The number of carbonyl (C=O) groups is 1. The van der Waals surface area contributed by atoms with E-state index in [2.05, 4.69) is 15.0 Å². The summed E-state index contributed by atoms with van der Waals surface area (Å²) in [5, 5.41) is 4.24. The predicted molar refractivity (Wildman–Crippen MR) is 80.6 cm³/mol. The van der Waals surface area contributed by atoms with Gasteiger partial charge >= 0.3 is 0 Å². The van der Waals surface area contributed by atoms with E-state index in [1.54, 1.807) is 12.0 Å². The van der Waals surface area contributed by atoms with Crippen LogP contribution in [0, 0.1) is 5.92 Å². The van der Waals surface area contributed by atoms with Crippen molar-refractivity contribution in [3.63, 3.8) is 0 Å². The van der Waals surface area contributed by atoms with Crippen molar-refractivity contribution >= 4 is 32.6 Å². The number of fused-ring (bicyclic) bond motifs is 1. The Labute approximate surface area is 124 Å². The molecule has 0 N–H and O–H groups in total. The Kier molecular flexibility index (Phi) is 3.64. The molecule has 1 fully saturated rings. The lowest BCUT2D eigenvalue weighted by Gasteiger charge is -2.11. The fourth-order valence-corrected chi connectivity index (χ4v) is 3.35. The summed E-state index contributed by atoms with van der Waals surface area (Å²) in [6.07, 6.45) is 0.401. The Morgan fingerprint density at radius 2 is 2.48 bits per heavy atom. The quantitative estimate of drug-likeness (QED) is 0.494. The van der Waals surface area contributed by atoms with Crippen LogP contribution < -0.4 is 9.64 Å². The molecule has 0 bridgehead atoms. The predicted octanol–water partition coefficient (Wildman–Crippen LogP) is 2.97. The topological polar surface area (TPSA) is 91.2 Å². The van der Waals surface area contributed by atoms with Gasteiger partial charge in [0.2, 0.25) is 5.91 Å². The van der Waals surface area contributed by atoms with Gasteiger partial charge in [-0.15, -0.1) is 0 Å². The van der Waals surface area contributed by atoms with Gasteiger partial charge in [-0.2, -0.15) is 0 Å². The van der Waals surface area contributed by atoms with Gasteiger partial charge < -0.3 is 4.74 Å². The molecule has 21 heavy (non-hydrogen) atoms. The van der Waals surface area contributed by atoms with Gasteiger partial charge in [0.15, 0.2) is 5.13 Å². The minimum atomic E-state index is 0.0270. The Bertz CT molecular complexity index is 737. The minimum Gasteiger partial charge on any atom is -0.497 e. The van der Waals surface area contributed by atoms with Crippen molar-refractivity contribution in [1.82, 2.24) is 4.98 Å². The average molecular weight is 303 g/mol. The molecule has 3 rings (SSSR count). The number of nitrogens with zero attached hydrogens (tertiary/aromatic N) is 5. The van der Waals surface area contributed by atoms with Crippen molar-refractivity contribution in [3.8, 4) is 5.75 Å². The van der Waals surface area contributed by atoms with Crippen molar-refractivity contribution in [2.24, 2.45) is 11.0 Å². The standard InChI is InChI=1S/C13H13N5O2S/c1-20-9-2-3-11-10(5-9)16-13(21-11)18-7-8(4-12(18)19)6-15-17-14/h2-3,5,8H,4,6-7H2,1H3. The molecule has 7 nitrogen and oxygen atoms in total. The fourth-order valence-electron chi connectivity index (χ4n) is 2.38. The first-order valence-electron chi connectivity index (χ1n) is 6.47. The number of amides is 1. The van der Waals surface area contributed by atoms with Crippen LogP contribution in [0.4, 0.5) is 5.13 Å². The van der Waals surface area contributed by atoms with Gasteiger partial charge in [-0.1, -0.05) is 16.5 Å². The fraction of sp³-hybridized carbons (Fsp3) is 0.385. The molecule has 108 valence electrons. The Morgan fingerprint density at radius 1 is 1.62 bits per heavy atom. The number of methoxy groups -OCH3 is 1. The lowest BCUT2D eigenvalue weighted by atomic mass is 10.1. The summed E-state index contributed by atoms with van der Waals surface area (Å²) in [4.78, 5) is 21.0. The molecular weight excluding hydrogens is 290 g/mol. The van der Waals surface area contributed by atoms with Crippen molar-refractivity contribution in [1.29, 1.82) is 0 Å². The largest absolute Gasteiger partial charge is 0.497 e. The second-order valence-electron chi connectivity index (χ2n) is 4.82. The molecule has 1 atom stereocenters. The van der Waals surface area contributed by atoms with E-state index < -0.39 is 0 Å². The van der Waals surface area contributed by atoms with Crippen LogP contribution in [0.3, 0.4) is 0 Å². The van der Waals surface area contributed by atoms with E-state index in [1.165, 1.54) is 11.3 Å². The summed E-state index contributed by atoms with van der Waals surface area (Å²) < 4.78 is 6.19. The third kappa shape index (κ3) is 2.63. The summed E-state index contributed by atoms with van der Waals surface area (Å²) in [6.45, 7) is 0.895. The number of azide groups is 1. The first-order chi connectivity index (χ1) is 10.2. The first-order valence-corrected chi connectivity index (χ1v) is 7.28. The summed E-state index contributed by atoms with van der Waals surface area (Å²) in [7, 11) is 1.61. The number of ether oxygens (including phenoxy) is 1. The number of benzene rings is 1. The molecule has 1 unspecified atom stereocenters. The smallest absolute Gasteiger partial charge is 0.229 e. The second-order valence-corrected chi connectivity index (χ2v) is 5.83. The van der Waals surface area contributed by atoms with Gasteiger partial charge in [0.1, 0.15) is 5.75 Å². The summed E-state index contributed by atoms with van der Waals surface area (Å²) in [6, 6.07) is 5.67. The summed E-state index contributed by atoms with van der Waals surface area (Å²) in [5.74, 6) is 0.836. The Balaban J connectivity index is 1.86. The SMILES string of the molecule is COc1ccc2sc(N3CC(CN=[N+]=[N-])CC3=O)nc2c1. The van der Waals surface area contributed by atoms with Gasteiger partial charge in [0.05, 0.1) is 17.3 Å². The number of hydrogen-bond donors (Lipinski definition) is 0. The molecule has 1 amide bonds. The van der Waals surface area contributed by atoms with E-state index in [1.807, 2.05) is 18.2 Å². The molecule has 1 aliphatic heterocycles. The zero-order valence-corrected chi connectivity index (χ0v) is 12.2. The van der Waals surface area contributed by atoms with Crippen LogP contribution in [0.25, 0.3) is 20.7 Å². The van der Waals surface area contributed by atoms with Crippen molar-refractivity contribution in [2.45, 2.75) is 6.42 Å². The Morgan fingerprint density at radius 3 is 3.24 bits per heavy atom. The molecule has 0 aliphatic carbocycles. The maximum Gasteiger partial charge on any atom is 0.229 e. The van der Waals surface area contributed by atoms with Crippen LogP contribution in [0.5, 0.6) is 5.75 Å². The lowest BCUT2D eigenvalue weighted by Crippen LogP contribution is -2.24. The van der Waals surface area contributed by atoms with Crippen LogP contribution in [0.15, 0.2) is 23.3 Å². The van der Waals surface area contributed by atoms with Gasteiger partial charge in [0, 0.05) is 30.5 Å². The third-order valence-electron chi connectivity index (χ3n) is 3.42. The summed E-state index contributed by atoms with van der Waals surface area (Å²) >= 11 is 1.48. The highest BCUT2D eigenvalue weighted by atomic mass is 32.1. The number of anilines is 1. The third-order valence-corrected chi connectivity index (χ3v) is 4.48. The molecule has 8 heteroatoms. The molecule has 0 spiro atoms. The lowest BCUT2D eigenvalue weighted by molar-refractivity contribution is -0.117. The highest BCUT2D eigenvalue weighted by Gasteiger charge is 2.31. The highest BCUT2D eigenvalue weighted by molar-refractivity contribution is 7.22. The maximum atomic E-state index is 12.1. The van der Waals surface area contributed by atoms with Crippen LogP contribution in [-0.2, 0) is 4.79 Å². The van der Waals surface area contributed by atoms with Crippen LogP contribution in [-0.4, -0.2) is 31.1 Å². The Hall–Kier alpha value is -2.31. The number of carbonyl (C=O) groups excluding carboxylic acids is 1. The zero-order chi connectivity index (χ0) is 14.8. The van der Waals surface area contributed by atoms with Crippen LogP contribution >= 0.6 is 11.3 Å². The van der Waals surface area contributed by atoms with E-state index >= 15 is 0 Å². The first kappa shape index (κ1) is 13.7. The van der Waals surface area contributed by atoms with Gasteiger partial charge in [-0.05, 0) is 23.6 Å². The second kappa shape index (κ2) is 5.59. The molecule has 1 aromatic carbocycles. The molecule has 0 saturated carbocycles. The monoisotopic (exact) mass is 303 g/mol. The van der Waals surface area contributed by atoms with Crippen molar-refractivity contribution in [2.75, 3.05) is 25.1 Å².